The minimum Gasteiger partial charge on any atom is -0.383 e. The van der Waals surface area contributed by atoms with Crippen LogP contribution in [0.2, 0.25) is 0 Å². The highest BCUT2D eigenvalue weighted by Crippen LogP contribution is 2.36. The molecule has 1 aliphatic rings. The molecule has 1 N–H and O–H groups in total. The maximum atomic E-state index is 13.9. The van der Waals surface area contributed by atoms with E-state index >= 15 is 0 Å². The molecule has 23 heavy (non-hydrogen) atoms. The molecule has 0 saturated heterocycles. The van der Waals surface area contributed by atoms with E-state index in [-0.39, 0.29) is 11.5 Å². The van der Waals surface area contributed by atoms with Gasteiger partial charge < -0.3 is 5.32 Å². The Hall–Kier alpha value is -2.77. The number of aromatic nitrogens is 5. The van der Waals surface area contributed by atoms with Crippen LogP contribution in [0.1, 0.15) is 24.4 Å². The van der Waals surface area contributed by atoms with Gasteiger partial charge in [0.05, 0.1) is 17.0 Å². The number of halogens is 1. The summed E-state index contributed by atoms with van der Waals surface area (Å²) >= 11 is 0. The van der Waals surface area contributed by atoms with Gasteiger partial charge in [0, 0.05) is 31.2 Å². The monoisotopic (exact) mass is 314 g/mol. The number of nitrogens with one attached hydrogen (secondary N) is 1. The van der Waals surface area contributed by atoms with Crippen LogP contribution in [0.3, 0.4) is 0 Å². The van der Waals surface area contributed by atoms with E-state index in [2.05, 4.69) is 20.5 Å². The van der Waals surface area contributed by atoms with Crippen molar-refractivity contribution in [3.05, 3.63) is 46.1 Å². The van der Waals surface area contributed by atoms with Crippen molar-refractivity contribution in [3.8, 4) is 0 Å². The second kappa shape index (κ2) is 4.87. The van der Waals surface area contributed by atoms with Crippen molar-refractivity contribution in [1.29, 1.82) is 0 Å². The normalized spacial score (nSPS) is 16.6. The lowest BCUT2D eigenvalue weighted by atomic mass is 9.94. The fourth-order valence-corrected chi connectivity index (χ4v) is 3.16. The second-order valence-corrected chi connectivity index (χ2v) is 5.56. The van der Waals surface area contributed by atoms with Crippen LogP contribution in [-0.2, 0) is 13.6 Å². The van der Waals surface area contributed by atoms with Gasteiger partial charge in [-0.1, -0.05) is 0 Å². The molecule has 4 rings (SSSR count). The van der Waals surface area contributed by atoms with Gasteiger partial charge in [-0.05, 0) is 19.1 Å². The van der Waals surface area contributed by atoms with Crippen LogP contribution < -0.4 is 10.9 Å². The van der Waals surface area contributed by atoms with Crippen LogP contribution in [-0.4, -0.2) is 31.1 Å². The maximum Gasteiger partial charge on any atom is 0.274 e. The Labute approximate surface area is 130 Å². The minimum absolute atomic E-state index is 0.152. The number of aryl methyl sites for hydroxylation is 2. The first kappa shape index (κ1) is 13.9. The predicted molar refractivity (Wildman–Crippen MR) is 83.0 cm³/mol. The summed E-state index contributed by atoms with van der Waals surface area (Å²) in [5, 5.41) is 12.8. The van der Waals surface area contributed by atoms with Crippen molar-refractivity contribution in [2.75, 3.05) is 11.9 Å². The molecule has 2 aromatic heterocycles. The molecule has 0 spiro atoms. The minimum atomic E-state index is -0.436. The summed E-state index contributed by atoms with van der Waals surface area (Å²) in [5.41, 5.74) is 1.04. The molecule has 8 heteroatoms. The zero-order chi connectivity index (χ0) is 16.1. The maximum absolute atomic E-state index is 13.9. The van der Waals surface area contributed by atoms with Crippen molar-refractivity contribution in [1.82, 2.24) is 24.5 Å². The molecule has 1 unspecified atom stereocenters. The van der Waals surface area contributed by atoms with Crippen molar-refractivity contribution < 1.29 is 4.39 Å². The lowest BCUT2D eigenvalue weighted by Gasteiger charge is -2.26. The number of benzene rings is 1. The fourth-order valence-electron chi connectivity index (χ4n) is 3.16. The van der Waals surface area contributed by atoms with Gasteiger partial charge in [-0.2, -0.15) is 10.2 Å². The average Bonchev–Trinajstić information content (AvgIpc) is 2.96. The third kappa shape index (κ3) is 1.94. The fraction of sp³-hybridized carbons (Fsp3) is 0.333. The van der Waals surface area contributed by atoms with Gasteiger partial charge in [0.15, 0.2) is 0 Å². The topological polar surface area (TPSA) is 77.6 Å². The highest BCUT2D eigenvalue weighted by Gasteiger charge is 2.30. The van der Waals surface area contributed by atoms with Gasteiger partial charge in [0.25, 0.3) is 5.56 Å². The lowest BCUT2D eigenvalue weighted by molar-refractivity contribution is 0.574. The Morgan fingerprint density at radius 3 is 2.96 bits per heavy atom. The van der Waals surface area contributed by atoms with Crippen molar-refractivity contribution >= 4 is 16.5 Å². The molecule has 1 aromatic carbocycles. The van der Waals surface area contributed by atoms with Gasteiger partial charge in [0.1, 0.15) is 18.0 Å². The van der Waals surface area contributed by atoms with Gasteiger partial charge in [-0.15, -0.1) is 0 Å². The number of nitrogens with zero attached hydrogens (tertiary/aromatic N) is 5. The Balaban J connectivity index is 2.09. The molecule has 3 aromatic rings. The van der Waals surface area contributed by atoms with Gasteiger partial charge in [-0.25, -0.2) is 14.1 Å². The summed E-state index contributed by atoms with van der Waals surface area (Å²) in [6, 6.07) is 2.68. The Bertz CT molecular complexity index is 976. The highest BCUT2D eigenvalue weighted by molar-refractivity contribution is 5.97. The quantitative estimate of drug-likeness (QED) is 0.770. The van der Waals surface area contributed by atoms with Crippen LogP contribution >= 0.6 is 0 Å². The summed E-state index contributed by atoms with van der Waals surface area (Å²) in [6.07, 6.45) is 1.49. The molecule has 1 atom stereocenters. The van der Waals surface area contributed by atoms with Crippen LogP contribution in [0.5, 0.6) is 0 Å². The van der Waals surface area contributed by atoms with Crippen LogP contribution in [0, 0.1) is 5.82 Å². The largest absolute Gasteiger partial charge is 0.383 e. The Morgan fingerprint density at radius 2 is 2.26 bits per heavy atom. The van der Waals surface area contributed by atoms with E-state index in [9.17, 15) is 9.18 Å². The standard InChI is InChI=1S/C15H15FN6O/c1-3-22-15(23)9-4-8(16)5-11-12(9)13(20-22)10(6-17-11)14-18-7-19-21(14)2/h4-5,7,10,17H,3,6H2,1-2H3. The first-order chi connectivity index (χ1) is 11.1. The number of hydrogen-bond acceptors (Lipinski definition) is 5. The summed E-state index contributed by atoms with van der Waals surface area (Å²) < 4.78 is 16.9. The van der Waals surface area contributed by atoms with Crippen LogP contribution in [0.4, 0.5) is 10.1 Å². The predicted octanol–water partition coefficient (Wildman–Crippen LogP) is 1.24. The molecule has 0 aliphatic carbocycles. The van der Waals surface area contributed by atoms with Gasteiger partial charge in [-0.3, -0.25) is 9.48 Å². The lowest BCUT2D eigenvalue weighted by Crippen LogP contribution is -2.30. The Morgan fingerprint density at radius 1 is 1.43 bits per heavy atom. The van der Waals surface area contributed by atoms with Crippen LogP contribution in [0.15, 0.2) is 23.3 Å². The summed E-state index contributed by atoms with van der Waals surface area (Å²) in [4.78, 5) is 16.8. The second-order valence-electron chi connectivity index (χ2n) is 5.56. The van der Waals surface area contributed by atoms with E-state index < -0.39 is 5.82 Å². The molecule has 118 valence electrons. The number of rotatable bonds is 2. The summed E-state index contributed by atoms with van der Waals surface area (Å²) in [6.45, 7) is 2.78. The smallest absolute Gasteiger partial charge is 0.274 e. The van der Waals surface area contributed by atoms with E-state index in [0.717, 1.165) is 11.5 Å². The molecule has 0 radical (unpaired) electrons. The first-order valence-corrected chi connectivity index (χ1v) is 7.42. The molecule has 0 bridgehead atoms. The summed E-state index contributed by atoms with van der Waals surface area (Å²) in [7, 11) is 1.82. The molecule has 3 heterocycles. The Kier molecular flexibility index (Phi) is 2.93. The average molecular weight is 314 g/mol. The third-order valence-corrected chi connectivity index (χ3v) is 4.24. The van der Waals surface area contributed by atoms with Crippen molar-refractivity contribution in [3.63, 3.8) is 0 Å². The zero-order valence-corrected chi connectivity index (χ0v) is 12.7. The molecule has 0 saturated carbocycles. The molecular weight excluding hydrogens is 299 g/mol. The molecule has 0 fully saturated rings. The van der Waals surface area contributed by atoms with E-state index in [1.165, 1.54) is 23.1 Å². The van der Waals surface area contributed by atoms with Crippen LogP contribution in [0.25, 0.3) is 10.8 Å². The van der Waals surface area contributed by atoms with E-state index in [4.69, 9.17) is 0 Å². The van der Waals surface area contributed by atoms with E-state index in [1.807, 2.05) is 14.0 Å². The zero-order valence-electron chi connectivity index (χ0n) is 12.7. The van der Waals surface area contributed by atoms with Gasteiger partial charge >= 0.3 is 0 Å². The van der Waals surface area contributed by atoms with Crippen molar-refractivity contribution in [2.24, 2.45) is 7.05 Å². The molecular formula is C15H15FN6O. The highest BCUT2D eigenvalue weighted by atomic mass is 19.1. The SMILES string of the molecule is CCn1nc2c3c(cc(F)cc3c1=O)NCC2c1ncnn1C. The van der Waals surface area contributed by atoms with E-state index in [1.54, 1.807) is 4.68 Å². The molecule has 0 amide bonds. The van der Waals surface area contributed by atoms with Crippen molar-refractivity contribution in [2.45, 2.75) is 19.4 Å². The molecule has 7 nitrogen and oxygen atoms in total. The first-order valence-electron chi connectivity index (χ1n) is 7.42. The van der Waals surface area contributed by atoms with Gasteiger partial charge in [0.2, 0.25) is 0 Å². The van der Waals surface area contributed by atoms with E-state index in [0.29, 0.717) is 29.5 Å². The number of anilines is 1. The molecule has 1 aliphatic heterocycles. The summed E-state index contributed by atoms with van der Waals surface area (Å²) in [5.74, 6) is 0.165. The number of hydrogen-bond donors (Lipinski definition) is 1. The third-order valence-electron chi connectivity index (χ3n) is 4.24.